The largest absolute Gasteiger partial charge is 0.481 e. The van der Waals surface area contributed by atoms with Crippen LogP contribution in [-0.2, 0) is 23.2 Å². The van der Waals surface area contributed by atoms with E-state index in [1.54, 1.807) is 0 Å². The van der Waals surface area contributed by atoms with Gasteiger partial charge >= 0.3 is 11.7 Å². The van der Waals surface area contributed by atoms with Crippen molar-refractivity contribution in [3.8, 4) is 0 Å². The van der Waals surface area contributed by atoms with Crippen LogP contribution >= 0.6 is 0 Å². The van der Waals surface area contributed by atoms with Crippen molar-refractivity contribution in [3.05, 3.63) is 33.1 Å². The molecule has 0 atom stereocenters. The number of rotatable bonds is 6. The predicted molar refractivity (Wildman–Crippen MR) is 65.8 cm³/mol. The quantitative estimate of drug-likeness (QED) is 0.612. The van der Waals surface area contributed by atoms with E-state index in [9.17, 15) is 19.2 Å². The first-order valence-electron chi connectivity index (χ1n) is 5.67. The predicted octanol–water partition coefficient (Wildman–Crippen LogP) is -1.47. The number of amides is 1. The summed E-state index contributed by atoms with van der Waals surface area (Å²) in [5.74, 6) is -1.34. The molecule has 2 N–H and O–H groups in total. The second-order valence-electron chi connectivity index (χ2n) is 3.97. The molecule has 104 valence electrons. The lowest BCUT2D eigenvalue weighted by atomic mass is 10.3. The molecule has 0 saturated carbocycles. The third-order valence-electron chi connectivity index (χ3n) is 2.46. The Morgan fingerprint density at radius 3 is 2.68 bits per heavy atom. The van der Waals surface area contributed by atoms with E-state index in [1.165, 1.54) is 19.3 Å². The molecule has 0 aromatic carbocycles. The first kappa shape index (κ1) is 14.7. The van der Waals surface area contributed by atoms with Crippen molar-refractivity contribution >= 4 is 11.9 Å². The number of nitrogens with one attached hydrogen (secondary N) is 1. The van der Waals surface area contributed by atoms with Crippen molar-refractivity contribution in [3.63, 3.8) is 0 Å². The SMILES string of the molecule is Cn1c(=O)ccn(CC(=O)NCCCC(=O)O)c1=O. The summed E-state index contributed by atoms with van der Waals surface area (Å²) < 4.78 is 2.01. The molecule has 1 heterocycles. The van der Waals surface area contributed by atoms with Crippen molar-refractivity contribution in [2.24, 2.45) is 7.05 Å². The number of carboxylic acid groups (broad SMARTS) is 1. The summed E-state index contributed by atoms with van der Waals surface area (Å²) in [7, 11) is 1.33. The van der Waals surface area contributed by atoms with Gasteiger partial charge in [-0.2, -0.15) is 0 Å². The minimum atomic E-state index is -0.927. The Labute approximate surface area is 108 Å². The van der Waals surface area contributed by atoms with Gasteiger partial charge in [0.2, 0.25) is 5.91 Å². The molecule has 0 spiro atoms. The van der Waals surface area contributed by atoms with Crippen molar-refractivity contribution in [2.45, 2.75) is 19.4 Å². The van der Waals surface area contributed by atoms with Gasteiger partial charge in [-0.05, 0) is 6.42 Å². The maximum absolute atomic E-state index is 11.6. The average Bonchev–Trinajstić information content (AvgIpc) is 2.35. The molecule has 1 aromatic rings. The molecule has 0 aliphatic heterocycles. The van der Waals surface area contributed by atoms with Gasteiger partial charge in [0.15, 0.2) is 0 Å². The molecule has 0 radical (unpaired) electrons. The Morgan fingerprint density at radius 1 is 1.37 bits per heavy atom. The van der Waals surface area contributed by atoms with Crippen molar-refractivity contribution in [2.75, 3.05) is 6.54 Å². The zero-order valence-electron chi connectivity index (χ0n) is 10.5. The summed E-state index contributed by atoms with van der Waals surface area (Å²) in [4.78, 5) is 44.5. The summed E-state index contributed by atoms with van der Waals surface area (Å²) in [6, 6.07) is 1.19. The van der Waals surface area contributed by atoms with E-state index in [1.807, 2.05) is 0 Å². The van der Waals surface area contributed by atoms with Gasteiger partial charge in [-0.3, -0.25) is 23.5 Å². The molecule has 8 heteroatoms. The Balaban J connectivity index is 2.54. The lowest BCUT2D eigenvalue weighted by Gasteiger charge is -2.07. The number of carbonyl (C=O) groups excluding carboxylic acids is 1. The van der Waals surface area contributed by atoms with Crippen LogP contribution in [0.4, 0.5) is 0 Å². The zero-order chi connectivity index (χ0) is 14.4. The lowest BCUT2D eigenvalue weighted by Crippen LogP contribution is -2.40. The van der Waals surface area contributed by atoms with E-state index in [-0.39, 0.29) is 19.5 Å². The Kier molecular flexibility index (Phi) is 5.04. The first-order chi connectivity index (χ1) is 8.91. The van der Waals surface area contributed by atoms with Crippen molar-refractivity contribution in [1.82, 2.24) is 14.5 Å². The number of carbonyl (C=O) groups is 2. The maximum Gasteiger partial charge on any atom is 0.331 e. The van der Waals surface area contributed by atoms with Crippen LogP contribution in [0.3, 0.4) is 0 Å². The van der Waals surface area contributed by atoms with Crippen LogP contribution in [0, 0.1) is 0 Å². The number of hydrogen-bond donors (Lipinski definition) is 2. The van der Waals surface area contributed by atoms with Gasteiger partial charge in [0, 0.05) is 32.3 Å². The fraction of sp³-hybridized carbons (Fsp3) is 0.455. The summed E-state index contributed by atoms with van der Waals surface area (Å²) in [5, 5.41) is 10.9. The summed E-state index contributed by atoms with van der Waals surface area (Å²) in [6.07, 6.45) is 1.55. The van der Waals surface area contributed by atoms with Gasteiger partial charge < -0.3 is 10.4 Å². The molecule has 0 aliphatic rings. The second kappa shape index (κ2) is 6.53. The van der Waals surface area contributed by atoms with Gasteiger partial charge in [-0.15, -0.1) is 0 Å². The highest BCUT2D eigenvalue weighted by Gasteiger charge is 2.06. The molecule has 1 aromatic heterocycles. The molecular weight excluding hydrogens is 254 g/mol. The van der Waals surface area contributed by atoms with E-state index in [2.05, 4.69) is 5.32 Å². The number of hydrogen-bond acceptors (Lipinski definition) is 4. The van der Waals surface area contributed by atoms with Crippen LogP contribution < -0.4 is 16.6 Å². The Bertz CT molecular complexity index is 587. The second-order valence-corrected chi connectivity index (χ2v) is 3.97. The molecule has 0 saturated heterocycles. The third-order valence-corrected chi connectivity index (χ3v) is 2.46. The molecule has 8 nitrogen and oxygen atoms in total. The van der Waals surface area contributed by atoms with Crippen molar-refractivity contribution < 1.29 is 14.7 Å². The smallest absolute Gasteiger partial charge is 0.331 e. The molecule has 0 aliphatic carbocycles. The van der Waals surface area contributed by atoms with E-state index in [0.29, 0.717) is 6.42 Å². The summed E-state index contributed by atoms with van der Waals surface area (Å²) >= 11 is 0. The van der Waals surface area contributed by atoms with Gasteiger partial charge in [-0.1, -0.05) is 0 Å². The summed E-state index contributed by atoms with van der Waals surface area (Å²) in [6.45, 7) is 0.0195. The maximum atomic E-state index is 11.6. The van der Waals surface area contributed by atoms with Crippen LogP contribution in [0.15, 0.2) is 21.9 Å². The van der Waals surface area contributed by atoms with Crippen molar-refractivity contribution in [1.29, 1.82) is 0 Å². The minimum Gasteiger partial charge on any atom is -0.481 e. The van der Waals surface area contributed by atoms with E-state index < -0.39 is 23.1 Å². The molecule has 1 amide bonds. The summed E-state index contributed by atoms with van der Waals surface area (Å²) in [5.41, 5.74) is -1.02. The number of aromatic nitrogens is 2. The van der Waals surface area contributed by atoms with Crippen LogP contribution in [-0.4, -0.2) is 32.7 Å². The van der Waals surface area contributed by atoms with Crippen LogP contribution in [0.2, 0.25) is 0 Å². The highest BCUT2D eigenvalue weighted by atomic mass is 16.4. The van der Waals surface area contributed by atoms with Gasteiger partial charge in [0.05, 0.1) is 0 Å². The van der Waals surface area contributed by atoms with E-state index >= 15 is 0 Å². The van der Waals surface area contributed by atoms with Gasteiger partial charge in [0.25, 0.3) is 5.56 Å². The molecule has 0 fully saturated rings. The van der Waals surface area contributed by atoms with E-state index in [0.717, 1.165) is 9.13 Å². The van der Waals surface area contributed by atoms with E-state index in [4.69, 9.17) is 5.11 Å². The highest BCUT2D eigenvalue weighted by Crippen LogP contribution is 1.86. The number of nitrogens with zero attached hydrogens (tertiary/aromatic N) is 2. The minimum absolute atomic E-state index is 0.0277. The first-order valence-corrected chi connectivity index (χ1v) is 5.67. The van der Waals surface area contributed by atoms with Gasteiger partial charge in [-0.25, -0.2) is 4.79 Å². The fourth-order valence-corrected chi connectivity index (χ4v) is 1.41. The zero-order valence-corrected chi connectivity index (χ0v) is 10.5. The molecule has 19 heavy (non-hydrogen) atoms. The Morgan fingerprint density at radius 2 is 2.05 bits per heavy atom. The van der Waals surface area contributed by atoms with Crippen LogP contribution in [0.25, 0.3) is 0 Å². The van der Waals surface area contributed by atoms with Crippen LogP contribution in [0.1, 0.15) is 12.8 Å². The fourth-order valence-electron chi connectivity index (χ4n) is 1.41. The topological polar surface area (TPSA) is 110 Å². The lowest BCUT2D eigenvalue weighted by molar-refractivity contribution is -0.137. The third kappa shape index (κ3) is 4.41. The average molecular weight is 269 g/mol. The molecule has 1 rings (SSSR count). The molecule has 0 bridgehead atoms. The molecular formula is C11H15N3O5. The standard InChI is InChI=1S/C11H15N3O5/c1-13-9(16)4-6-14(11(13)19)7-8(15)12-5-2-3-10(17)18/h4,6H,2-3,5,7H2,1H3,(H,12,15)(H,17,18). The Hall–Kier alpha value is -2.38. The van der Waals surface area contributed by atoms with Crippen LogP contribution in [0.5, 0.6) is 0 Å². The van der Waals surface area contributed by atoms with Gasteiger partial charge in [0.1, 0.15) is 6.54 Å². The normalized spacial score (nSPS) is 10.2. The highest BCUT2D eigenvalue weighted by molar-refractivity contribution is 5.75. The number of carboxylic acids is 1. The molecule has 0 unspecified atom stereocenters. The monoisotopic (exact) mass is 269 g/mol. The number of aliphatic carboxylic acids is 1.